The molecule has 0 aliphatic heterocycles. The summed E-state index contributed by atoms with van der Waals surface area (Å²) in [6.45, 7) is 3.87. The Balaban J connectivity index is 1.95. The van der Waals surface area contributed by atoms with Gasteiger partial charge in [0.25, 0.3) is 5.56 Å². The Morgan fingerprint density at radius 2 is 2.04 bits per heavy atom. The van der Waals surface area contributed by atoms with Crippen molar-refractivity contribution in [2.75, 3.05) is 5.75 Å². The van der Waals surface area contributed by atoms with Crippen LogP contribution in [0.25, 0.3) is 10.9 Å². The average molecular weight is 379 g/mol. The van der Waals surface area contributed by atoms with Crippen molar-refractivity contribution in [1.82, 2.24) is 9.55 Å². The Hall–Kier alpha value is -1.63. The highest BCUT2D eigenvalue weighted by Crippen LogP contribution is 2.25. The Morgan fingerprint density at radius 3 is 2.71 bits per heavy atom. The summed E-state index contributed by atoms with van der Waals surface area (Å²) in [5.41, 5.74) is 0.568. The van der Waals surface area contributed by atoms with E-state index >= 15 is 0 Å². The lowest BCUT2D eigenvalue weighted by atomic mass is 10.2. The standard InChI is InChI=1S/C17H15ClN2O2S2/c1-10(2)20-16(22)11-5-3-4-6-12(11)19-17(20)23-9-13(21)14-7-8-15(18)24-14/h3-8,10H,9H2,1-2H3. The number of fused-ring (bicyclic) bond motifs is 1. The first kappa shape index (κ1) is 17.2. The molecule has 4 nitrogen and oxygen atoms in total. The monoisotopic (exact) mass is 378 g/mol. The molecule has 0 radical (unpaired) electrons. The zero-order valence-corrected chi connectivity index (χ0v) is 15.5. The number of thioether (sulfide) groups is 1. The number of carbonyl (C=O) groups is 1. The highest BCUT2D eigenvalue weighted by molar-refractivity contribution is 7.99. The van der Waals surface area contributed by atoms with E-state index < -0.39 is 0 Å². The van der Waals surface area contributed by atoms with E-state index in [1.165, 1.54) is 23.1 Å². The number of nitrogens with zero attached hydrogens (tertiary/aromatic N) is 2. The van der Waals surface area contributed by atoms with Crippen LogP contribution in [0.3, 0.4) is 0 Å². The van der Waals surface area contributed by atoms with E-state index in [0.29, 0.717) is 25.3 Å². The summed E-state index contributed by atoms with van der Waals surface area (Å²) in [6.07, 6.45) is 0. The molecule has 1 aromatic carbocycles. The molecule has 24 heavy (non-hydrogen) atoms. The average Bonchev–Trinajstić information content (AvgIpc) is 2.99. The second-order valence-corrected chi connectivity index (χ2v) is 8.15. The number of halogens is 1. The molecule has 2 aromatic heterocycles. The fourth-order valence-electron chi connectivity index (χ4n) is 2.35. The molecule has 2 heterocycles. The van der Waals surface area contributed by atoms with Crippen molar-refractivity contribution in [2.45, 2.75) is 25.0 Å². The molecular formula is C17H15ClN2O2S2. The summed E-state index contributed by atoms with van der Waals surface area (Å²) in [6, 6.07) is 10.7. The maximum atomic E-state index is 12.7. The summed E-state index contributed by atoms with van der Waals surface area (Å²) in [5, 5.41) is 1.15. The zero-order valence-electron chi connectivity index (χ0n) is 13.2. The highest BCUT2D eigenvalue weighted by atomic mass is 35.5. The van der Waals surface area contributed by atoms with Crippen LogP contribution in [0.5, 0.6) is 0 Å². The number of carbonyl (C=O) groups excluding carboxylic acids is 1. The molecule has 0 aliphatic rings. The quantitative estimate of drug-likeness (QED) is 0.368. The number of rotatable bonds is 5. The molecule has 0 saturated heterocycles. The van der Waals surface area contributed by atoms with Gasteiger partial charge in [-0.15, -0.1) is 11.3 Å². The van der Waals surface area contributed by atoms with Gasteiger partial charge in [0.1, 0.15) is 0 Å². The molecule has 124 valence electrons. The fourth-order valence-corrected chi connectivity index (χ4v) is 4.43. The van der Waals surface area contributed by atoms with E-state index in [1.54, 1.807) is 22.8 Å². The minimum Gasteiger partial charge on any atom is -0.292 e. The molecule has 0 atom stereocenters. The molecular weight excluding hydrogens is 364 g/mol. The van der Waals surface area contributed by atoms with E-state index in [2.05, 4.69) is 4.98 Å². The van der Waals surface area contributed by atoms with Crippen molar-refractivity contribution in [3.05, 3.63) is 56.0 Å². The lowest BCUT2D eigenvalue weighted by Gasteiger charge is -2.15. The molecule has 0 N–H and O–H groups in total. The molecule has 0 spiro atoms. The van der Waals surface area contributed by atoms with Crippen LogP contribution < -0.4 is 5.56 Å². The van der Waals surface area contributed by atoms with Gasteiger partial charge in [0.15, 0.2) is 10.9 Å². The smallest absolute Gasteiger partial charge is 0.262 e. The van der Waals surface area contributed by atoms with Crippen LogP contribution >= 0.6 is 34.7 Å². The molecule has 0 fully saturated rings. The van der Waals surface area contributed by atoms with E-state index in [-0.39, 0.29) is 23.1 Å². The Kier molecular flexibility index (Phi) is 5.08. The highest BCUT2D eigenvalue weighted by Gasteiger charge is 2.16. The maximum absolute atomic E-state index is 12.7. The minimum absolute atomic E-state index is 0.0189. The van der Waals surface area contributed by atoms with Crippen LogP contribution in [0.4, 0.5) is 0 Å². The molecule has 0 amide bonds. The van der Waals surface area contributed by atoms with E-state index in [9.17, 15) is 9.59 Å². The number of Topliss-reactive ketones (excluding diaryl/α,β-unsaturated/α-hetero) is 1. The third kappa shape index (κ3) is 3.41. The topological polar surface area (TPSA) is 52.0 Å². The summed E-state index contributed by atoms with van der Waals surface area (Å²) in [5.74, 6) is 0.198. The largest absolute Gasteiger partial charge is 0.292 e. The maximum Gasteiger partial charge on any atom is 0.262 e. The predicted molar refractivity (Wildman–Crippen MR) is 101 cm³/mol. The van der Waals surface area contributed by atoms with Crippen LogP contribution in [0.1, 0.15) is 29.6 Å². The van der Waals surface area contributed by atoms with Crippen LogP contribution in [0, 0.1) is 0 Å². The number of hydrogen-bond acceptors (Lipinski definition) is 5. The molecule has 7 heteroatoms. The summed E-state index contributed by atoms with van der Waals surface area (Å²) >= 11 is 8.42. The van der Waals surface area contributed by atoms with Crippen molar-refractivity contribution in [2.24, 2.45) is 0 Å². The predicted octanol–water partition coefficient (Wildman–Crippen LogP) is 4.67. The first-order chi connectivity index (χ1) is 11.5. The van der Waals surface area contributed by atoms with Gasteiger partial charge in [-0.2, -0.15) is 0 Å². The number of benzene rings is 1. The van der Waals surface area contributed by atoms with Crippen molar-refractivity contribution in [3.8, 4) is 0 Å². The van der Waals surface area contributed by atoms with Crippen molar-refractivity contribution in [1.29, 1.82) is 0 Å². The zero-order chi connectivity index (χ0) is 17.3. The van der Waals surface area contributed by atoms with Crippen molar-refractivity contribution < 1.29 is 4.79 Å². The summed E-state index contributed by atoms with van der Waals surface area (Å²) in [4.78, 5) is 30.2. The van der Waals surface area contributed by atoms with Gasteiger partial charge < -0.3 is 0 Å². The molecule has 0 unspecified atom stereocenters. The van der Waals surface area contributed by atoms with Gasteiger partial charge in [-0.05, 0) is 38.1 Å². The first-order valence-corrected chi connectivity index (χ1v) is 9.58. The molecule has 0 aliphatic carbocycles. The van der Waals surface area contributed by atoms with Gasteiger partial charge in [-0.25, -0.2) is 4.98 Å². The molecule has 3 rings (SSSR count). The number of para-hydroxylation sites is 1. The third-order valence-corrected chi connectivity index (χ3v) is 5.70. The lowest BCUT2D eigenvalue weighted by molar-refractivity contribution is 0.102. The van der Waals surface area contributed by atoms with Crippen LogP contribution in [0.2, 0.25) is 4.34 Å². The first-order valence-electron chi connectivity index (χ1n) is 7.40. The Labute approximate surface area is 152 Å². The summed E-state index contributed by atoms with van der Waals surface area (Å²) in [7, 11) is 0. The van der Waals surface area contributed by atoms with Crippen LogP contribution in [-0.2, 0) is 0 Å². The van der Waals surface area contributed by atoms with Gasteiger partial charge in [-0.3, -0.25) is 14.2 Å². The minimum atomic E-state index is -0.0790. The lowest BCUT2D eigenvalue weighted by Crippen LogP contribution is -2.25. The normalized spacial score (nSPS) is 11.3. The number of ketones is 1. The van der Waals surface area contributed by atoms with Gasteiger partial charge in [0.2, 0.25) is 0 Å². The fraction of sp³-hybridized carbons (Fsp3) is 0.235. The second-order valence-electron chi connectivity index (χ2n) is 5.50. The van der Waals surface area contributed by atoms with E-state index in [0.717, 1.165) is 0 Å². The number of thiophene rings is 1. The summed E-state index contributed by atoms with van der Waals surface area (Å²) < 4.78 is 2.23. The van der Waals surface area contributed by atoms with Gasteiger partial charge >= 0.3 is 0 Å². The molecule has 0 saturated carbocycles. The number of hydrogen-bond donors (Lipinski definition) is 0. The van der Waals surface area contributed by atoms with E-state index in [1.807, 2.05) is 32.0 Å². The van der Waals surface area contributed by atoms with Crippen molar-refractivity contribution in [3.63, 3.8) is 0 Å². The van der Waals surface area contributed by atoms with Gasteiger partial charge in [-0.1, -0.05) is 35.5 Å². The Morgan fingerprint density at radius 1 is 1.29 bits per heavy atom. The van der Waals surface area contributed by atoms with Crippen molar-refractivity contribution >= 4 is 51.4 Å². The third-order valence-electron chi connectivity index (χ3n) is 3.47. The molecule has 3 aromatic rings. The van der Waals surface area contributed by atoms with Crippen LogP contribution in [-0.4, -0.2) is 21.1 Å². The SMILES string of the molecule is CC(C)n1c(SCC(=O)c2ccc(Cl)s2)nc2ccccc2c1=O. The Bertz CT molecular complexity index is 963. The number of aromatic nitrogens is 2. The van der Waals surface area contributed by atoms with Crippen LogP contribution in [0.15, 0.2) is 46.3 Å². The van der Waals surface area contributed by atoms with Gasteiger partial charge in [0.05, 0.1) is 25.9 Å². The van der Waals surface area contributed by atoms with E-state index in [4.69, 9.17) is 11.6 Å². The molecule has 0 bridgehead atoms. The van der Waals surface area contributed by atoms with Gasteiger partial charge in [0, 0.05) is 6.04 Å². The second kappa shape index (κ2) is 7.09.